The molecule has 250 valence electrons. The third kappa shape index (κ3) is 9.13. The molecule has 0 aromatic heterocycles. The summed E-state index contributed by atoms with van der Waals surface area (Å²) in [7, 11) is 0. The van der Waals surface area contributed by atoms with E-state index in [-0.39, 0.29) is 54.1 Å². The van der Waals surface area contributed by atoms with E-state index in [9.17, 15) is 24.8 Å². The van der Waals surface area contributed by atoms with Crippen molar-refractivity contribution < 1.29 is 34.2 Å². The number of carbonyl (C=O) groups is 2. The van der Waals surface area contributed by atoms with Crippen LogP contribution in [-0.4, -0.2) is 70.7 Å². The Morgan fingerprint density at radius 2 is 1.53 bits per heavy atom. The number of aliphatic hydroxyl groups excluding tert-OH is 1. The van der Waals surface area contributed by atoms with E-state index in [1.807, 2.05) is 48.5 Å². The SMILES string of the molecule is CC1C(CN2CCN(c3ccc([N+](=O)[O-])cc3)CC2)OC(c2ccc(CNC(=O)CCCC(=O)O)cc2)OC1c1ccc(CO)cc1. The lowest BCUT2D eigenvalue weighted by Crippen LogP contribution is -2.51. The molecule has 12 heteroatoms. The first kappa shape index (κ1) is 34.0. The maximum atomic E-state index is 12.1. The van der Waals surface area contributed by atoms with Gasteiger partial charge in [-0.05, 0) is 35.2 Å². The number of ether oxygens (including phenoxy) is 2. The first-order valence-corrected chi connectivity index (χ1v) is 16.0. The first-order chi connectivity index (χ1) is 22.7. The van der Waals surface area contributed by atoms with Crippen LogP contribution in [0.15, 0.2) is 72.8 Å². The average Bonchev–Trinajstić information content (AvgIpc) is 3.09. The molecule has 47 heavy (non-hydrogen) atoms. The summed E-state index contributed by atoms with van der Waals surface area (Å²) in [6, 6.07) is 22.2. The maximum Gasteiger partial charge on any atom is 0.303 e. The van der Waals surface area contributed by atoms with E-state index < -0.39 is 12.3 Å². The summed E-state index contributed by atoms with van der Waals surface area (Å²) in [4.78, 5) is 38.1. The molecule has 3 aromatic carbocycles. The Kier molecular flexibility index (Phi) is 11.5. The van der Waals surface area contributed by atoms with Crippen molar-refractivity contribution in [3.8, 4) is 0 Å². The maximum absolute atomic E-state index is 12.1. The Bertz CT molecular complexity index is 1490. The number of hydrogen-bond donors (Lipinski definition) is 3. The number of benzene rings is 3. The molecule has 2 saturated heterocycles. The molecule has 0 saturated carbocycles. The van der Waals surface area contributed by atoms with Gasteiger partial charge < -0.3 is 29.9 Å². The second-order valence-corrected chi connectivity index (χ2v) is 12.1. The molecule has 3 aromatic rings. The van der Waals surface area contributed by atoms with E-state index in [4.69, 9.17) is 14.6 Å². The lowest BCUT2D eigenvalue weighted by Gasteiger charge is -2.44. The van der Waals surface area contributed by atoms with E-state index in [0.717, 1.165) is 54.1 Å². The van der Waals surface area contributed by atoms with E-state index >= 15 is 0 Å². The number of piperazine rings is 1. The fourth-order valence-electron chi connectivity index (χ4n) is 6.04. The van der Waals surface area contributed by atoms with E-state index in [2.05, 4.69) is 22.0 Å². The zero-order valence-electron chi connectivity index (χ0n) is 26.5. The number of aliphatic carboxylic acids is 1. The molecule has 0 bridgehead atoms. The number of anilines is 1. The zero-order chi connectivity index (χ0) is 33.3. The van der Waals surface area contributed by atoms with Gasteiger partial charge in [-0.25, -0.2) is 0 Å². The third-order valence-electron chi connectivity index (χ3n) is 8.90. The molecule has 0 aliphatic carbocycles. The number of nitro benzene ring substituents is 1. The highest BCUT2D eigenvalue weighted by Crippen LogP contribution is 2.42. The number of aliphatic hydroxyl groups is 1. The fraction of sp³-hybridized carbons (Fsp3) is 0.429. The van der Waals surface area contributed by atoms with Crippen LogP contribution in [0.3, 0.4) is 0 Å². The Balaban J connectivity index is 1.24. The van der Waals surface area contributed by atoms with Crippen LogP contribution in [-0.2, 0) is 32.2 Å². The number of carboxylic acids is 1. The van der Waals surface area contributed by atoms with E-state index in [0.29, 0.717) is 19.5 Å². The summed E-state index contributed by atoms with van der Waals surface area (Å²) in [5, 5.41) is 32.2. The van der Waals surface area contributed by atoms with Gasteiger partial charge in [0, 0.05) is 81.4 Å². The number of hydrogen-bond acceptors (Lipinski definition) is 9. The Morgan fingerprint density at radius 3 is 2.15 bits per heavy atom. The summed E-state index contributed by atoms with van der Waals surface area (Å²) in [6.07, 6.45) is -0.548. The van der Waals surface area contributed by atoms with E-state index in [1.165, 1.54) is 0 Å². The van der Waals surface area contributed by atoms with Crippen molar-refractivity contribution in [2.45, 2.75) is 57.8 Å². The Labute approximate surface area is 274 Å². The van der Waals surface area contributed by atoms with Gasteiger partial charge in [0.25, 0.3) is 5.69 Å². The minimum atomic E-state index is -0.913. The number of nitrogens with one attached hydrogen (secondary N) is 1. The summed E-state index contributed by atoms with van der Waals surface area (Å²) in [6.45, 7) is 6.39. The highest BCUT2D eigenvalue weighted by atomic mass is 16.7. The number of amides is 1. The predicted octanol–water partition coefficient (Wildman–Crippen LogP) is 4.57. The number of non-ortho nitro benzene ring substituents is 1. The molecular formula is C35H42N4O8. The van der Waals surface area contributed by atoms with Gasteiger partial charge in [-0.1, -0.05) is 55.5 Å². The first-order valence-electron chi connectivity index (χ1n) is 16.0. The van der Waals surface area contributed by atoms with Crippen LogP contribution >= 0.6 is 0 Å². The third-order valence-corrected chi connectivity index (χ3v) is 8.90. The van der Waals surface area contributed by atoms with Crippen molar-refractivity contribution in [1.82, 2.24) is 10.2 Å². The van der Waals surface area contributed by atoms with Crippen LogP contribution in [0, 0.1) is 16.0 Å². The minimum Gasteiger partial charge on any atom is -0.481 e. The van der Waals surface area contributed by atoms with Gasteiger partial charge in [0.1, 0.15) is 0 Å². The highest BCUT2D eigenvalue weighted by molar-refractivity contribution is 5.76. The molecule has 2 aliphatic rings. The molecule has 2 heterocycles. The average molecular weight is 647 g/mol. The summed E-state index contributed by atoms with van der Waals surface area (Å²) >= 11 is 0. The highest BCUT2D eigenvalue weighted by Gasteiger charge is 2.39. The smallest absolute Gasteiger partial charge is 0.303 e. The van der Waals surface area contributed by atoms with Crippen molar-refractivity contribution in [3.05, 3.63) is 105 Å². The summed E-state index contributed by atoms with van der Waals surface area (Å²) in [5.74, 6) is -1.06. The lowest BCUT2D eigenvalue weighted by atomic mass is 9.90. The number of nitro groups is 1. The predicted molar refractivity (Wildman–Crippen MR) is 174 cm³/mol. The Morgan fingerprint density at radius 1 is 0.894 bits per heavy atom. The normalized spacial score (nSPS) is 21.7. The van der Waals surface area contributed by atoms with Crippen LogP contribution in [0.5, 0.6) is 0 Å². The number of nitrogens with zero attached hydrogens (tertiary/aromatic N) is 3. The minimum absolute atomic E-state index is 0.0310. The molecule has 4 atom stereocenters. The quantitative estimate of drug-likeness (QED) is 0.178. The van der Waals surface area contributed by atoms with Gasteiger partial charge in [-0.2, -0.15) is 0 Å². The molecule has 2 fully saturated rings. The molecule has 0 radical (unpaired) electrons. The van der Waals surface area contributed by atoms with Crippen LogP contribution < -0.4 is 10.2 Å². The van der Waals surface area contributed by atoms with Crippen molar-refractivity contribution in [2.75, 3.05) is 37.6 Å². The molecule has 2 aliphatic heterocycles. The van der Waals surface area contributed by atoms with Crippen LogP contribution in [0.25, 0.3) is 0 Å². The van der Waals surface area contributed by atoms with Crippen molar-refractivity contribution in [1.29, 1.82) is 0 Å². The molecule has 4 unspecified atom stereocenters. The van der Waals surface area contributed by atoms with Crippen LogP contribution in [0.2, 0.25) is 0 Å². The molecule has 5 rings (SSSR count). The number of carbonyl (C=O) groups excluding carboxylic acids is 1. The number of carboxylic acid groups (broad SMARTS) is 1. The van der Waals surface area contributed by atoms with Crippen LogP contribution in [0.1, 0.15) is 60.8 Å². The van der Waals surface area contributed by atoms with Gasteiger partial charge in [0.2, 0.25) is 5.91 Å². The van der Waals surface area contributed by atoms with E-state index in [1.54, 1.807) is 24.3 Å². The summed E-state index contributed by atoms with van der Waals surface area (Å²) < 4.78 is 13.2. The van der Waals surface area contributed by atoms with Crippen molar-refractivity contribution in [3.63, 3.8) is 0 Å². The zero-order valence-corrected chi connectivity index (χ0v) is 26.5. The van der Waals surface area contributed by atoms with Gasteiger partial charge in [0.15, 0.2) is 6.29 Å². The largest absolute Gasteiger partial charge is 0.481 e. The second-order valence-electron chi connectivity index (χ2n) is 12.1. The standard InChI is InChI=1S/C35H42N4O8/c1-24-31(22-37-17-19-38(20-18-37)29-13-15-30(16-14-29)39(44)45)46-35(47-34(24)27-9-7-26(23-40)8-10-27)28-11-5-25(6-12-28)21-36-32(41)3-2-4-33(42)43/h5-16,24,31,34-35,40H,2-4,17-23H2,1H3,(H,36,41)(H,42,43). The van der Waals surface area contributed by atoms with Crippen molar-refractivity contribution >= 4 is 23.3 Å². The van der Waals surface area contributed by atoms with Crippen molar-refractivity contribution in [2.24, 2.45) is 5.92 Å². The molecule has 3 N–H and O–H groups in total. The lowest BCUT2D eigenvalue weighted by molar-refractivity contribution is -0.384. The number of rotatable bonds is 13. The molecule has 1 amide bonds. The summed E-state index contributed by atoms with van der Waals surface area (Å²) in [5.41, 5.74) is 4.66. The van der Waals surface area contributed by atoms with Gasteiger partial charge >= 0.3 is 5.97 Å². The Hall–Kier alpha value is -4.36. The van der Waals surface area contributed by atoms with Gasteiger partial charge in [-0.3, -0.25) is 24.6 Å². The molecule has 12 nitrogen and oxygen atoms in total. The topological polar surface area (TPSA) is 155 Å². The van der Waals surface area contributed by atoms with Crippen LogP contribution in [0.4, 0.5) is 11.4 Å². The van der Waals surface area contributed by atoms with Gasteiger partial charge in [0.05, 0.1) is 23.7 Å². The van der Waals surface area contributed by atoms with Gasteiger partial charge in [-0.15, -0.1) is 0 Å². The monoisotopic (exact) mass is 646 g/mol. The fourth-order valence-corrected chi connectivity index (χ4v) is 6.04. The second kappa shape index (κ2) is 16.0. The molecule has 0 spiro atoms. The molecular weight excluding hydrogens is 604 g/mol.